The lowest BCUT2D eigenvalue weighted by molar-refractivity contribution is -0.141. The fourth-order valence-electron chi connectivity index (χ4n) is 3.84. The lowest BCUT2D eigenvalue weighted by Crippen LogP contribution is -2.52. The van der Waals surface area contributed by atoms with E-state index in [9.17, 15) is 9.59 Å². The van der Waals surface area contributed by atoms with Gasteiger partial charge in [-0.15, -0.1) is 0 Å². The summed E-state index contributed by atoms with van der Waals surface area (Å²) in [5.74, 6) is -0.220. The van der Waals surface area contributed by atoms with E-state index < -0.39 is 6.04 Å². The SMILES string of the molecule is CC[C@@H](C)NC(=O)[C@@H](Cc1ccccc1)N(Cc1ccccc1C)C(=O)Cc1ccc(Cl)cc1. The van der Waals surface area contributed by atoms with Gasteiger partial charge in [0, 0.05) is 24.0 Å². The Morgan fingerprint density at radius 3 is 2.21 bits per heavy atom. The molecule has 0 saturated heterocycles. The number of nitrogens with zero attached hydrogens (tertiary/aromatic N) is 1. The zero-order chi connectivity index (χ0) is 24.5. The highest BCUT2D eigenvalue weighted by molar-refractivity contribution is 6.30. The van der Waals surface area contributed by atoms with Gasteiger partial charge in [0.25, 0.3) is 0 Å². The molecule has 3 rings (SSSR count). The van der Waals surface area contributed by atoms with Crippen LogP contribution in [0.15, 0.2) is 78.9 Å². The van der Waals surface area contributed by atoms with Crippen molar-refractivity contribution in [3.63, 3.8) is 0 Å². The number of rotatable bonds is 10. The molecule has 0 saturated carbocycles. The highest BCUT2D eigenvalue weighted by atomic mass is 35.5. The first kappa shape index (κ1) is 25.5. The molecule has 0 aliphatic rings. The molecule has 5 heteroatoms. The lowest BCUT2D eigenvalue weighted by atomic mass is 10.00. The molecular formula is C29H33ClN2O2. The van der Waals surface area contributed by atoms with Crippen LogP contribution in [0, 0.1) is 6.92 Å². The fourth-order valence-corrected chi connectivity index (χ4v) is 3.97. The predicted octanol–water partition coefficient (Wildman–Crippen LogP) is 5.75. The molecule has 4 nitrogen and oxygen atoms in total. The van der Waals surface area contributed by atoms with Crippen LogP contribution < -0.4 is 5.32 Å². The summed E-state index contributed by atoms with van der Waals surface area (Å²) in [6.45, 7) is 6.42. The molecule has 0 aromatic heterocycles. The molecule has 3 aromatic rings. The highest BCUT2D eigenvalue weighted by Crippen LogP contribution is 2.19. The minimum absolute atomic E-state index is 0.0254. The third-order valence-electron chi connectivity index (χ3n) is 6.14. The largest absolute Gasteiger partial charge is 0.352 e. The minimum atomic E-state index is -0.629. The molecule has 2 atom stereocenters. The van der Waals surface area contributed by atoms with Crippen LogP contribution in [0.2, 0.25) is 5.02 Å². The summed E-state index contributed by atoms with van der Waals surface area (Å²) in [5.41, 5.74) is 4.00. The molecule has 3 aromatic carbocycles. The summed E-state index contributed by atoms with van der Waals surface area (Å²) >= 11 is 6.03. The smallest absolute Gasteiger partial charge is 0.243 e. The number of carbonyl (C=O) groups excluding carboxylic acids is 2. The van der Waals surface area contributed by atoms with Gasteiger partial charge in [-0.2, -0.15) is 0 Å². The molecule has 2 amide bonds. The minimum Gasteiger partial charge on any atom is -0.352 e. The second-order valence-electron chi connectivity index (χ2n) is 8.77. The van der Waals surface area contributed by atoms with Gasteiger partial charge in [0.1, 0.15) is 6.04 Å². The second-order valence-corrected chi connectivity index (χ2v) is 9.21. The van der Waals surface area contributed by atoms with Crippen molar-refractivity contribution >= 4 is 23.4 Å². The topological polar surface area (TPSA) is 49.4 Å². The fraction of sp³-hybridized carbons (Fsp3) is 0.310. The molecular weight excluding hydrogens is 444 g/mol. The molecule has 0 heterocycles. The Bertz CT molecular complexity index is 1080. The molecule has 0 aliphatic heterocycles. The molecule has 178 valence electrons. The number of hydrogen-bond donors (Lipinski definition) is 1. The molecule has 1 N–H and O–H groups in total. The van der Waals surface area contributed by atoms with Gasteiger partial charge in [0.2, 0.25) is 11.8 Å². The number of nitrogens with one attached hydrogen (secondary N) is 1. The molecule has 0 unspecified atom stereocenters. The van der Waals surface area contributed by atoms with Gasteiger partial charge in [0.05, 0.1) is 6.42 Å². The monoisotopic (exact) mass is 476 g/mol. The van der Waals surface area contributed by atoms with E-state index in [1.807, 2.05) is 87.5 Å². The summed E-state index contributed by atoms with van der Waals surface area (Å²) in [4.78, 5) is 29.0. The van der Waals surface area contributed by atoms with Gasteiger partial charge in [0.15, 0.2) is 0 Å². The van der Waals surface area contributed by atoms with Crippen molar-refractivity contribution in [2.75, 3.05) is 0 Å². The van der Waals surface area contributed by atoms with Crippen molar-refractivity contribution in [3.8, 4) is 0 Å². The van der Waals surface area contributed by atoms with Crippen molar-refractivity contribution < 1.29 is 9.59 Å². The molecule has 34 heavy (non-hydrogen) atoms. The Morgan fingerprint density at radius 2 is 1.56 bits per heavy atom. The van der Waals surface area contributed by atoms with Crippen LogP contribution in [0.5, 0.6) is 0 Å². The zero-order valence-electron chi connectivity index (χ0n) is 20.1. The van der Waals surface area contributed by atoms with Crippen LogP contribution in [0.4, 0.5) is 0 Å². The zero-order valence-corrected chi connectivity index (χ0v) is 20.9. The quantitative estimate of drug-likeness (QED) is 0.405. The van der Waals surface area contributed by atoms with Crippen molar-refractivity contribution in [1.29, 1.82) is 0 Å². The predicted molar refractivity (Wildman–Crippen MR) is 139 cm³/mol. The average Bonchev–Trinajstić information content (AvgIpc) is 2.84. The van der Waals surface area contributed by atoms with Gasteiger partial charge in [-0.05, 0) is 54.7 Å². The van der Waals surface area contributed by atoms with Crippen molar-refractivity contribution in [1.82, 2.24) is 10.2 Å². The van der Waals surface area contributed by atoms with E-state index in [1.54, 1.807) is 17.0 Å². The maximum atomic E-state index is 13.7. The van der Waals surface area contributed by atoms with Crippen LogP contribution in [0.25, 0.3) is 0 Å². The number of amides is 2. The molecule has 0 fully saturated rings. The van der Waals surface area contributed by atoms with Crippen molar-refractivity contribution in [2.45, 2.75) is 58.7 Å². The van der Waals surface area contributed by atoms with E-state index in [2.05, 4.69) is 5.32 Å². The van der Waals surface area contributed by atoms with Crippen LogP contribution in [-0.2, 0) is 29.0 Å². The van der Waals surface area contributed by atoms with Gasteiger partial charge < -0.3 is 10.2 Å². The maximum absolute atomic E-state index is 13.7. The molecule has 0 spiro atoms. The average molecular weight is 477 g/mol. The Morgan fingerprint density at radius 1 is 0.912 bits per heavy atom. The Hall–Kier alpha value is -3.11. The van der Waals surface area contributed by atoms with Gasteiger partial charge in [-0.3, -0.25) is 9.59 Å². The maximum Gasteiger partial charge on any atom is 0.243 e. The standard InChI is InChI=1S/C29H33ClN2O2/c1-4-22(3)31-29(34)27(18-23-11-6-5-7-12-23)32(20-25-13-9-8-10-21(25)2)28(33)19-24-14-16-26(30)17-15-24/h5-17,22,27H,4,18-20H2,1-3H3,(H,31,34)/t22-,27-/m1/s1. The summed E-state index contributed by atoms with van der Waals surface area (Å²) in [6, 6.07) is 24.5. The number of halogens is 1. The van der Waals surface area contributed by atoms with E-state index >= 15 is 0 Å². The Labute approximate surface area is 207 Å². The summed E-state index contributed by atoms with van der Waals surface area (Å²) in [6.07, 6.45) is 1.46. The summed E-state index contributed by atoms with van der Waals surface area (Å²) < 4.78 is 0. The number of hydrogen-bond acceptors (Lipinski definition) is 2. The third-order valence-corrected chi connectivity index (χ3v) is 6.39. The number of carbonyl (C=O) groups is 2. The summed E-state index contributed by atoms with van der Waals surface area (Å²) in [7, 11) is 0. The molecule has 0 bridgehead atoms. The first-order chi connectivity index (χ1) is 16.4. The Kier molecular flexibility index (Phi) is 9.29. The van der Waals surface area contributed by atoms with Gasteiger partial charge in [-0.1, -0.05) is 85.3 Å². The van der Waals surface area contributed by atoms with E-state index in [0.29, 0.717) is 18.0 Å². The van der Waals surface area contributed by atoms with E-state index in [1.165, 1.54) is 0 Å². The lowest BCUT2D eigenvalue weighted by Gasteiger charge is -2.33. The first-order valence-corrected chi connectivity index (χ1v) is 12.2. The molecule has 0 radical (unpaired) electrons. The van der Waals surface area contributed by atoms with Crippen LogP contribution in [0.1, 0.15) is 42.5 Å². The van der Waals surface area contributed by atoms with Gasteiger partial charge >= 0.3 is 0 Å². The van der Waals surface area contributed by atoms with Gasteiger partial charge in [-0.25, -0.2) is 0 Å². The van der Waals surface area contributed by atoms with Crippen molar-refractivity contribution in [2.24, 2.45) is 0 Å². The molecule has 0 aliphatic carbocycles. The van der Waals surface area contributed by atoms with Crippen LogP contribution in [-0.4, -0.2) is 28.8 Å². The Balaban J connectivity index is 1.97. The van der Waals surface area contributed by atoms with Crippen LogP contribution in [0.3, 0.4) is 0 Å². The first-order valence-electron chi connectivity index (χ1n) is 11.8. The second kappa shape index (κ2) is 12.4. The normalized spacial score (nSPS) is 12.6. The summed E-state index contributed by atoms with van der Waals surface area (Å²) in [5, 5.41) is 3.73. The number of benzene rings is 3. The highest BCUT2D eigenvalue weighted by Gasteiger charge is 2.31. The van der Waals surface area contributed by atoms with E-state index in [0.717, 1.165) is 28.7 Å². The van der Waals surface area contributed by atoms with E-state index in [4.69, 9.17) is 11.6 Å². The van der Waals surface area contributed by atoms with Crippen molar-refractivity contribution in [3.05, 3.63) is 106 Å². The van der Waals surface area contributed by atoms with Crippen LogP contribution >= 0.6 is 11.6 Å². The van der Waals surface area contributed by atoms with E-state index in [-0.39, 0.29) is 24.3 Å². The number of aryl methyl sites for hydroxylation is 1. The third kappa shape index (κ3) is 7.19.